The molecule has 0 amide bonds. The van der Waals surface area contributed by atoms with E-state index in [1.165, 1.54) is 40.6 Å². The van der Waals surface area contributed by atoms with Crippen LogP contribution in [0.5, 0.6) is 0 Å². The molecule has 1 aliphatic rings. The molecule has 1 saturated carbocycles. The molecule has 2 aromatic carbocycles. The minimum atomic E-state index is -1.56. The van der Waals surface area contributed by atoms with Crippen LogP contribution in [-0.2, 0) is 12.1 Å². The molecule has 4 rings (SSSR count). The highest BCUT2D eigenvalue weighted by Crippen LogP contribution is 2.42. The van der Waals surface area contributed by atoms with Gasteiger partial charge in [-0.2, -0.15) is 16.9 Å². The number of nitrogens with zero attached hydrogens (tertiary/aromatic N) is 3. The van der Waals surface area contributed by atoms with Crippen LogP contribution in [0.4, 0.5) is 8.78 Å². The van der Waals surface area contributed by atoms with Crippen molar-refractivity contribution in [2.75, 3.05) is 0 Å². The van der Waals surface area contributed by atoms with E-state index in [-0.39, 0.29) is 17.4 Å². The Kier molecular flexibility index (Phi) is 7.84. The Morgan fingerprint density at radius 2 is 1.88 bits per heavy atom. The molecule has 4 nitrogen and oxygen atoms in total. The fourth-order valence-corrected chi connectivity index (χ4v) is 6.13. The normalized spacial score (nSPS) is 21.4. The number of hydrogen-bond acceptors (Lipinski definition) is 4. The molecule has 180 valence electrons. The Hall–Kier alpha value is -2.51. The maximum absolute atomic E-state index is 14.7. The van der Waals surface area contributed by atoms with Crippen molar-refractivity contribution < 1.29 is 13.9 Å². The van der Waals surface area contributed by atoms with Gasteiger partial charge in [0.15, 0.2) is 0 Å². The molecule has 2 unspecified atom stereocenters. The van der Waals surface area contributed by atoms with Crippen molar-refractivity contribution in [1.82, 2.24) is 14.8 Å². The van der Waals surface area contributed by atoms with E-state index in [4.69, 9.17) is 0 Å². The second-order valence-electron chi connectivity index (χ2n) is 9.23. The average Bonchev–Trinajstić information content (AvgIpc) is 3.32. The minimum Gasteiger partial charge on any atom is -0.382 e. The largest absolute Gasteiger partial charge is 0.382 e. The van der Waals surface area contributed by atoms with Crippen LogP contribution in [0.2, 0.25) is 0 Å². The topological polar surface area (TPSA) is 50.9 Å². The Morgan fingerprint density at radius 1 is 1.15 bits per heavy atom. The molecule has 34 heavy (non-hydrogen) atoms. The summed E-state index contributed by atoms with van der Waals surface area (Å²) in [6, 6.07) is 11.9. The Morgan fingerprint density at radius 3 is 2.53 bits per heavy atom. The van der Waals surface area contributed by atoms with Gasteiger partial charge in [-0.15, -0.1) is 0 Å². The van der Waals surface area contributed by atoms with Gasteiger partial charge in [0.2, 0.25) is 0 Å². The van der Waals surface area contributed by atoms with E-state index in [1.807, 2.05) is 6.92 Å². The first-order chi connectivity index (χ1) is 16.3. The van der Waals surface area contributed by atoms with Crippen LogP contribution in [0.25, 0.3) is 6.08 Å². The molecule has 1 fully saturated rings. The predicted octanol–water partition coefficient (Wildman–Crippen LogP) is 6.15. The van der Waals surface area contributed by atoms with E-state index in [9.17, 15) is 13.9 Å². The van der Waals surface area contributed by atoms with E-state index in [1.54, 1.807) is 11.8 Å². The van der Waals surface area contributed by atoms with Gasteiger partial charge in [-0.3, -0.25) is 0 Å². The van der Waals surface area contributed by atoms with Gasteiger partial charge in [0.25, 0.3) is 0 Å². The van der Waals surface area contributed by atoms with Crippen molar-refractivity contribution in [1.29, 1.82) is 0 Å². The van der Waals surface area contributed by atoms with Crippen LogP contribution in [0.3, 0.4) is 0 Å². The molecule has 0 radical (unpaired) electrons. The number of hydrogen-bond donors (Lipinski definition) is 1. The number of aryl methyl sites for hydroxylation is 1. The van der Waals surface area contributed by atoms with Crippen LogP contribution in [0.1, 0.15) is 49.3 Å². The van der Waals surface area contributed by atoms with Crippen molar-refractivity contribution in [3.63, 3.8) is 0 Å². The maximum Gasteiger partial charge on any atom is 0.137 e. The molecule has 7 heteroatoms. The summed E-state index contributed by atoms with van der Waals surface area (Å²) < 4.78 is 29.8. The molecule has 0 aliphatic heterocycles. The molecule has 1 heterocycles. The molecule has 0 saturated heterocycles. The third-order valence-corrected chi connectivity index (χ3v) is 8.35. The molecule has 1 aromatic heterocycles. The van der Waals surface area contributed by atoms with E-state index < -0.39 is 17.2 Å². The first-order valence-electron chi connectivity index (χ1n) is 11.7. The van der Waals surface area contributed by atoms with Crippen LogP contribution >= 0.6 is 11.8 Å². The smallest absolute Gasteiger partial charge is 0.137 e. The van der Waals surface area contributed by atoms with Gasteiger partial charge < -0.3 is 5.11 Å². The van der Waals surface area contributed by atoms with Crippen molar-refractivity contribution in [2.24, 2.45) is 5.92 Å². The molecular formula is C27H31F2N3OS. The van der Waals surface area contributed by atoms with Crippen LogP contribution in [-0.4, -0.2) is 30.4 Å². The molecule has 0 bridgehead atoms. The third kappa shape index (κ3) is 5.94. The molecule has 3 aromatic rings. The van der Waals surface area contributed by atoms with Crippen molar-refractivity contribution in [3.8, 4) is 0 Å². The van der Waals surface area contributed by atoms with E-state index >= 15 is 0 Å². The van der Waals surface area contributed by atoms with Gasteiger partial charge in [-0.05, 0) is 50.2 Å². The zero-order valence-corrected chi connectivity index (χ0v) is 20.4. The lowest BCUT2D eigenvalue weighted by molar-refractivity contribution is 0.0131. The summed E-state index contributed by atoms with van der Waals surface area (Å²) >= 11 is 1.68. The number of aliphatic hydroxyl groups is 1. The highest BCUT2D eigenvalue weighted by atomic mass is 32.2. The Balaban J connectivity index is 1.41. The number of benzene rings is 2. The van der Waals surface area contributed by atoms with Gasteiger partial charge in [0.1, 0.15) is 29.9 Å². The number of thioether (sulfide) groups is 1. The van der Waals surface area contributed by atoms with Crippen LogP contribution in [0.15, 0.2) is 61.2 Å². The molecule has 0 spiro atoms. The predicted molar refractivity (Wildman–Crippen MR) is 133 cm³/mol. The summed E-state index contributed by atoms with van der Waals surface area (Å²) in [5.74, 6) is -0.876. The van der Waals surface area contributed by atoms with Gasteiger partial charge in [-0.25, -0.2) is 18.4 Å². The van der Waals surface area contributed by atoms with E-state index in [2.05, 4.69) is 53.4 Å². The fourth-order valence-electron chi connectivity index (χ4n) is 4.58. The molecule has 2 atom stereocenters. The van der Waals surface area contributed by atoms with Gasteiger partial charge in [0.05, 0.1) is 6.54 Å². The first kappa shape index (κ1) is 24.6. The minimum absolute atomic E-state index is 0.0400. The number of rotatable bonds is 8. The number of allylic oxidation sites excluding steroid dienone is 1. The SMILES string of the molecule is Cc1ccc(/C=C/C2CCC(SC(C)C(O)(Cn3cncn3)c3ccc(F)cc3F)CC2)cc1. The Bertz CT molecular complexity index is 1100. The average molecular weight is 484 g/mol. The summed E-state index contributed by atoms with van der Waals surface area (Å²) in [6.45, 7) is 4.04. The van der Waals surface area contributed by atoms with E-state index in [0.717, 1.165) is 31.7 Å². The van der Waals surface area contributed by atoms with Crippen LogP contribution < -0.4 is 0 Å². The lowest BCUT2D eigenvalue weighted by Gasteiger charge is -2.37. The zero-order chi connectivity index (χ0) is 24.1. The van der Waals surface area contributed by atoms with Gasteiger partial charge >= 0.3 is 0 Å². The highest BCUT2D eigenvalue weighted by Gasteiger charge is 2.41. The highest BCUT2D eigenvalue weighted by molar-refractivity contribution is 8.00. The lowest BCUT2D eigenvalue weighted by Crippen LogP contribution is -2.42. The third-order valence-electron chi connectivity index (χ3n) is 6.69. The number of halogens is 2. The quantitative estimate of drug-likeness (QED) is 0.418. The van der Waals surface area contributed by atoms with Gasteiger partial charge in [-0.1, -0.05) is 55.0 Å². The lowest BCUT2D eigenvalue weighted by atomic mass is 9.88. The second-order valence-corrected chi connectivity index (χ2v) is 10.9. The maximum atomic E-state index is 14.7. The molecular weight excluding hydrogens is 452 g/mol. The van der Waals surface area contributed by atoms with Gasteiger partial charge in [0, 0.05) is 22.1 Å². The molecule has 1 N–H and O–H groups in total. The first-order valence-corrected chi connectivity index (χ1v) is 12.7. The summed E-state index contributed by atoms with van der Waals surface area (Å²) in [5, 5.41) is 15.9. The van der Waals surface area contributed by atoms with E-state index in [0.29, 0.717) is 11.2 Å². The summed E-state index contributed by atoms with van der Waals surface area (Å²) in [7, 11) is 0. The zero-order valence-electron chi connectivity index (χ0n) is 19.6. The van der Waals surface area contributed by atoms with Crippen LogP contribution in [0, 0.1) is 24.5 Å². The fraction of sp³-hybridized carbons (Fsp3) is 0.407. The van der Waals surface area contributed by atoms with Crippen molar-refractivity contribution in [3.05, 3.63) is 89.5 Å². The summed E-state index contributed by atoms with van der Waals surface area (Å²) in [6.07, 6.45) is 11.6. The van der Waals surface area contributed by atoms with Crippen molar-refractivity contribution >= 4 is 17.8 Å². The van der Waals surface area contributed by atoms with Crippen molar-refractivity contribution in [2.45, 2.75) is 62.2 Å². The molecule has 1 aliphatic carbocycles. The second kappa shape index (κ2) is 10.8. The number of aromatic nitrogens is 3. The Labute approximate surface area is 204 Å². The summed E-state index contributed by atoms with van der Waals surface area (Å²) in [5.41, 5.74) is 1.00. The standard InChI is InChI=1S/C27H31F2N3OS/c1-19-3-5-21(6-4-19)7-8-22-9-12-24(13-10-22)34-20(2)27(33,16-32-18-30-17-31-32)25-14-11-23(28)15-26(25)29/h3-8,11,14-15,17-18,20,22,24,33H,9-10,12-13,16H2,1-2H3/b8-7+. The monoisotopic (exact) mass is 483 g/mol. The summed E-state index contributed by atoms with van der Waals surface area (Å²) in [4.78, 5) is 3.94.